The molecule has 0 spiro atoms. The highest BCUT2D eigenvalue weighted by molar-refractivity contribution is 9.10. The lowest BCUT2D eigenvalue weighted by Gasteiger charge is -2.41. The van der Waals surface area contributed by atoms with E-state index < -0.39 is 40.5 Å². The first kappa shape index (κ1) is 29.0. The number of hydrogen-bond donors (Lipinski definition) is 0. The van der Waals surface area contributed by atoms with Crippen LogP contribution in [0.4, 0.5) is 4.79 Å². The van der Waals surface area contributed by atoms with Gasteiger partial charge in [0.05, 0.1) is 11.2 Å². The molecule has 2 atom stereocenters. The van der Waals surface area contributed by atoms with Crippen molar-refractivity contribution in [2.75, 3.05) is 25.8 Å². The van der Waals surface area contributed by atoms with Gasteiger partial charge in [-0.15, -0.1) is 0 Å². The van der Waals surface area contributed by atoms with Gasteiger partial charge in [-0.25, -0.2) is 14.8 Å². The molecule has 2 fully saturated rings. The van der Waals surface area contributed by atoms with Gasteiger partial charge in [-0.3, -0.25) is 9.69 Å². The first-order chi connectivity index (χ1) is 17.6. The number of ether oxygens (including phenoxy) is 1. The number of benzene rings is 2. The molecule has 4 rings (SSSR count). The molecule has 0 unspecified atom stereocenters. The topological polar surface area (TPSA) is 68.3 Å². The zero-order valence-corrected chi connectivity index (χ0v) is 25.9. The van der Waals surface area contributed by atoms with Crippen LogP contribution in [0.15, 0.2) is 53.0 Å². The summed E-state index contributed by atoms with van der Waals surface area (Å²) in [6.45, 7) is 8.20. The summed E-state index contributed by atoms with van der Waals surface area (Å²) in [5.41, 5.74) is 1.25. The highest BCUT2D eigenvalue weighted by Gasteiger charge is 2.54. The molecule has 0 aliphatic carbocycles. The summed E-state index contributed by atoms with van der Waals surface area (Å²) in [4.78, 5) is 30.6. The minimum absolute atomic E-state index is 0.100. The van der Waals surface area contributed by atoms with Crippen LogP contribution < -0.4 is 5.46 Å². The summed E-state index contributed by atoms with van der Waals surface area (Å²) in [6, 6.07) is 14.8. The van der Waals surface area contributed by atoms with E-state index in [0.717, 1.165) is 21.1 Å². The van der Waals surface area contributed by atoms with Crippen LogP contribution in [0.5, 0.6) is 0 Å². The Bertz CT molecular complexity index is 1190. The molecule has 2 aromatic carbocycles. The zero-order chi connectivity index (χ0) is 28.0. The van der Waals surface area contributed by atoms with Crippen molar-refractivity contribution < 1.29 is 23.6 Å². The Morgan fingerprint density at radius 2 is 1.66 bits per heavy atom. The van der Waals surface area contributed by atoms with E-state index in [4.69, 9.17) is 14.0 Å². The quantitative estimate of drug-likeness (QED) is 0.445. The molecule has 0 saturated carbocycles. The van der Waals surface area contributed by atoms with Crippen LogP contribution in [-0.4, -0.2) is 77.5 Å². The molecule has 0 aromatic heterocycles. The smallest absolute Gasteiger partial charge is 0.444 e. The lowest BCUT2D eigenvalue weighted by atomic mass is 9.74. The number of hydrogen-bond acceptors (Lipinski definition) is 5. The average Bonchev–Trinajstić information content (AvgIpc) is 3.21. The molecule has 206 valence electrons. The van der Waals surface area contributed by atoms with Crippen LogP contribution >= 0.6 is 26.0 Å². The second-order valence-corrected chi connectivity index (χ2v) is 17.0. The summed E-state index contributed by atoms with van der Waals surface area (Å²) in [7, 11) is -0.193. The SMILES string of the molecule is CN1C(=O)[C@H](Cc2ccc(Br)cc2B2OC(C)(C)C(C)(C)O2)N(C(=O)OCc2ccccc2)[C@H]1S(C)(C)C. The second-order valence-electron chi connectivity index (χ2n) is 11.8. The number of halogens is 1. The Hall–Kier alpha value is -2.01. The Morgan fingerprint density at radius 3 is 2.24 bits per heavy atom. The predicted octanol–water partition coefficient (Wildman–Crippen LogP) is 4.75. The maximum atomic E-state index is 13.7. The predicted molar refractivity (Wildman–Crippen MR) is 158 cm³/mol. The van der Waals surface area contributed by atoms with E-state index in [9.17, 15) is 9.59 Å². The van der Waals surface area contributed by atoms with Crippen LogP contribution in [0.1, 0.15) is 38.8 Å². The molecule has 2 amide bonds. The maximum absolute atomic E-state index is 13.7. The van der Waals surface area contributed by atoms with Crippen molar-refractivity contribution in [3.8, 4) is 0 Å². The van der Waals surface area contributed by atoms with Gasteiger partial charge in [0.1, 0.15) is 18.1 Å². The van der Waals surface area contributed by atoms with Gasteiger partial charge in [0, 0.05) is 17.9 Å². The first-order valence-corrected chi connectivity index (χ1v) is 16.4. The molecule has 2 aliphatic heterocycles. The van der Waals surface area contributed by atoms with E-state index in [-0.39, 0.29) is 18.0 Å². The number of carbonyl (C=O) groups excluding carboxylic acids is 2. The minimum atomic E-state index is -1.38. The van der Waals surface area contributed by atoms with Crippen LogP contribution in [0.3, 0.4) is 0 Å². The van der Waals surface area contributed by atoms with Crippen molar-refractivity contribution >= 4 is 50.5 Å². The zero-order valence-electron chi connectivity index (χ0n) is 23.5. The van der Waals surface area contributed by atoms with Crippen LogP contribution in [0, 0.1) is 0 Å². The Kier molecular flexibility index (Phi) is 8.03. The fourth-order valence-corrected chi connectivity index (χ4v) is 7.31. The average molecular weight is 605 g/mol. The Balaban J connectivity index is 1.67. The highest BCUT2D eigenvalue weighted by Crippen LogP contribution is 2.48. The number of rotatable bonds is 6. The van der Waals surface area contributed by atoms with E-state index in [1.807, 2.05) is 76.2 Å². The maximum Gasteiger partial charge on any atom is 0.495 e. The van der Waals surface area contributed by atoms with Crippen molar-refractivity contribution in [2.45, 2.75) is 63.5 Å². The fraction of sp³-hybridized carbons (Fsp3) is 0.500. The standard InChI is InChI=1S/C28H38BBrN2O5S/c1-27(2)28(3,4)37-29(36-27)22-17-21(30)15-14-20(22)16-23-24(33)31(5)25(38(6,7)8)32(23)26(34)35-18-19-12-10-9-11-13-19/h9-15,17,23,25H,16,18H2,1-8H3/t23-,25-/m0/s1. The van der Waals surface area contributed by atoms with Crippen molar-refractivity contribution in [2.24, 2.45) is 0 Å². The number of likely N-dealkylation sites (N-methyl/N-ethyl adjacent to an activating group) is 1. The van der Waals surface area contributed by atoms with Crippen molar-refractivity contribution in [3.63, 3.8) is 0 Å². The van der Waals surface area contributed by atoms with Crippen molar-refractivity contribution in [1.82, 2.24) is 9.80 Å². The fourth-order valence-electron chi connectivity index (χ4n) is 4.96. The largest absolute Gasteiger partial charge is 0.495 e. The molecule has 2 aliphatic rings. The molecule has 2 heterocycles. The van der Waals surface area contributed by atoms with E-state index in [1.54, 1.807) is 16.8 Å². The molecule has 0 N–H and O–H groups in total. The third-order valence-corrected chi connectivity index (χ3v) is 9.92. The second kappa shape index (κ2) is 10.5. The van der Waals surface area contributed by atoms with Gasteiger partial charge < -0.3 is 18.9 Å². The monoisotopic (exact) mass is 604 g/mol. The van der Waals surface area contributed by atoms with Gasteiger partial charge in [-0.05, 0) is 75.2 Å². The van der Waals surface area contributed by atoms with Gasteiger partial charge >= 0.3 is 13.2 Å². The lowest BCUT2D eigenvalue weighted by Crippen LogP contribution is -2.47. The minimum Gasteiger partial charge on any atom is -0.444 e. The van der Waals surface area contributed by atoms with Crippen LogP contribution in [0.2, 0.25) is 0 Å². The molecule has 38 heavy (non-hydrogen) atoms. The number of amides is 2. The molecule has 10 heteroatoms. The lowest BCUT2D eigenvalue weighted by molar-refractivity contribution is -0.128. The van der Waals surface area contributed by atoms with Crippen LogP contribution in [-0.2, 0) is 31.9 Å². The molecular weight excluding hydrogens is 567 g/mol. The summed E-state index contributed by atoms with van der Waals surface area (Å²) in [5.74, 6) is -0.100. The first-order valence-electron chi connectivity index (χ1n) is 12.7. The van der Waals surface area contributed by atoms with E-state index >= 15 is 0 Å². The van der Waals surface area contributed by atoms with Gasteiger partial charge in [0.2, 0.25) is 5.91 Å². The molecule has 0 bridgehead atoms. The van der Waals surface area contributed by atoms with Crippen LogP contribution in [0.25, 0.3) is 0 Å². The number of nitrogens with zero attached hydrogens (tertiary/aromatic N) is 2. The van der Waals surface area contributed by atoms with Gasteiger partial charge in [-0.2, -0.15) is 0 Å². The summed E-state index contributed by atoms with van der Waals surface area (Å²) in [6.07, 6.45) is 6.16. The molecule has 2 saturated heterocycles. The van der Waals surface area contributed by atoms with Gasteiger partial charge in [-0.1, -0.05) is 52.3 Å². The Morgan fingerprint density at radius 1 is 1.05 bits per heavy atom. The summed E-state index contributed by atoms with van der Waals surface area (Å²) < 4.78 is 19.4. The molecular formula is C28H38BBrN2O5S. The third-order valence-electron chi connectivity index (χ3n) is 7.61. The van der Waals surface area contributed by atoms with Gasteiger partial charge in [0.25, 0.3) is 0 Å². The normalized spacial score (nSPS) is 23.2. The highest BCUT2D eigenvalue weighted by atomic mass is 79.9. The summed E-state index contributed by atoms with van der Waals surface area (Å²) in [5, 5.41) is 0. The third kappa shape index (κ3) is 5.64. The summed E-state index contributed by atoms with van der Waals surface area (Å²) >= 11 is 3.58. The van der Waals surface area contributed by atoms with Crippen molar-refractivity contribution in [1.29, 1.82) is 0 Å². The molecule has 2 aromatic rings. The van der Waals surface area contributed by atoms with Crippen molar-refractivity contribution in [3.05, 3.63) is 64.1 Å². The number of carbonyl (C=O) groups is 2. The van der Waals surface area contributed by atoms with E-state index in [1.165, 1.54) is 0 Å². The Labute approximate surface area is 236 Å². The van der Waals surface area contributed by atoms with E-state index in [0.29, 0.717) is 6.42 Å². The molecule has 0 radical (unpaired) electrons. The van der Waals surface area contributed by atoms with E-state index in [2.05, 4.69) is 34.7 Å². The molecule has 7 nitrogen and oxygen atoms in total. The van der Waals surface area contributed by atoms with Gasteiger partial charge in [0.15, 0.2) is 0 Å².